The molecule has 0 aliphatic heterocycles. The summed E-state index contributed by atoms with van der Waals surface area (Å²) in [6.07, 6.45) is 0.309. The van der Waals surface area contributed by atoms with Gasteiger partial charge in [-0.15, -0.1) is 0 Å². The van der Waals surface area contributed by atoms with E-state index in [9.17, 15) is 14.7 Å². The van der Waals surface area contributed by atoms with E-state index in [1.165, 1.54) is 0 Å². The van der Waals surface area contributed by atoms with Crippen LogP contribution in [0, 0.1) is 6.92 Å². The summed E-state index contributed by atoms with van der Waals surface area (Å²) in [4.78, 5) is 27.0. The lowest BCUT2D eigenvalue weighted by Gasteiger charge is -2.13. The van der Waals surface area contributed by atoms with Gasteiger partial charge in [0.25, 0.3) is 5.56 Å². The highest BCUT2D eigenvalue weighted by atomic mass is 32.1. The molecule has 30 heavy (non-hydrogen) atoms. The second kappa shape index (κ2) is 9.19. The fourth-order valence-corrected chi connectivity index (χ4v) is 2.99. The van der Waals surface area contributed by atoms with E-state index in [2.05, 4.69) is 20.8 Å². The first-order valence-corrected chi connectivity index (χ1v) is 9.65. The molecule has 0 radical (unpaired) electrons. The summed E-state index contributed by atoms with van der Waals surface area (Å²) in [6, 6.07) is 16.2. The number of anilines is 1. The summed E-state index contributed by atoms with van der Waals surface area (Å²) in [5.74, 6) is -0.489. The van der Waals surface area contributed by atoms with Gasteiger partial charge < -0.3 is 10.4 Å². The van der Waals surface area contributed by atoms with Gasteiger partial charge in [0.15, 0.2) is 5.11 Å². The molecule has 0 aliphatic rings. The zero-order chi connectivity index (χ0) is 21.7. The molecule has 4 N–H and O–H groups in total. The molecule has 0 spiro atoms. The maximum Gasteiger partial charge on any atom is 0.335 e. The van der Waals surface area contributed by atoms with Crippen molar-refractivity contribution in [3.8, 4) is 11.6 Å². The SMILES string of the molecule is CC/C(=N\NC(=S)Nc1ccccc1)c1c(O)n(-c2ccc(C)cc2)c(=O)[nH]c1=O. The topological polar surface area (TPSA) is 112 Å². The Labute approximate surface area is 177 Å². The van der Waals surface area contributed by atoms with Crippen LogP contribution in [0.15, 0.2) is 69.3 Å². The van der Waals surface area contributed by atoms with E-state index in [0.717, 1.165) is 15.8 Å². The Bertz CT molecular complexity index is 1200. The van der Waals surface area contributed by atoms with E-state index in [4.69, 9.17) is 12.2 Å². The molecule has 3 aromatic rings. The van der Waals surface area contributed by atoms with Gasteiger partial charge in [0.1, 0.15) is 5.56 Å². The fourth-order valence-electron chi connectivity index (χ4n) is 2.83. The first kappa shape index (κ1) is 21.0. The van der Waals surface area contributed by atoms with E-state index in [1.807, 2.05) is 37.3 Å². The lowest BCUT2D eigenvalue weighted by molar-refractivity contribution is 0.429. The van der Waals surface area contributed by atoms with E-state index in [0.29, 0.717) is 12.1 Å². The van der Waals surface area contributed by atoms with Crippen molar-refractivity contribution in [1.29, 1.82) is 0 Å². The number of rotatable bonds is 5. The van der Waals surface area contributed by atoms with Crippen molar-refractivity contribution in [2.75, 3.05) is 5.32 Å². The Kier molecular flexibility index (Phi) is 6.43. The largest absolute Gasteiger partial charge is 0.493 e. The third-order valence-corrected chi connectivity index (χ3v) is 4.52. The van der Waals surface area contributed by atoms with Gasteiger partial charge in [-0.2, -0.15) is 5.10 Å². The van der Waals surface area contributed by atoms with Gasteiger partial charge in [-0.3, -0.25) is 15.2 Å². The number of hydrazone groups is 1. The molecule has 9 heteroatoms. The zero-order valence-electron chi connectivity index (χ0n) is 16.5. The average Bonchev–Trinajstić information content (AvgIpc) is 2.72. The van der Waals surface area contributed by atoms with Gasteiger partial charge in [-0.05, 0) is 49.8 Å². The molecule has 1 heterocycles. The van der Waals surface area contributed by atoms with E-state index < -0.39 is 17.1 Å². The van der Waals surface area contributed by atoms with Crippen molar-refractivity contribution >= 4 is 28.7 Å². The Morgan fingerprint density at radius 1 is 1.13 bits per heavy atom. The molecule has 0 bridgehead atoms. The lowest BCUT2D eigenvalue weighted by atomic mass is 10.1. The van der Waals surface area contributed by atoms with Gasteiger partial charge in [0.2, 0.25) is 5.88 Å². The Balaban J connectivity index is 1.96. The molecule has 154 valence electrons. The number of thiocarbonyl (C=S) groups is 1. The summed E-state index contributed by atoms with van der Waals surface area (Å²) in [7, 11) is 0. The standard InChI is InChI=1S/C21H21N5O3S/c1-3-16(24-25-20(30)22-14-7-5-4-6-8-14)17-18(27)23-21(29)26(19(17)28)15-11-9-13(2)10-12-15/h4-12,28H,3H2,1-2H3,(H2,22,25,30)(H,23,27,29)/b24-16+. The van der Waals surface area contributed by atoms with Crippen LogP contribution in [-0.4, -0.2) is 25.5 Å². The number of hydrogen-bond acceptors (Lipinski definition) is 5. The van der Waals surface area contributed by atoms with Gasteiger partial charge in [-0.25, -0.2) is 9.36 Å². The van der Waals surface area contributed by atoms with Crippen molar-refractivity contribution in [1.82, 2.24) is 15.0 Å². The average molecular weight is 423 g/mol. The van der Waals surface area contributed by atoms with Gasteiger partial charge in [-0.1, -0.05) is 42.8 Å². The predicted molar refractivity (Wildman–Crippen MR) is 122 cm³/mol. The van der Waals surface area contributed by atoms with Crippen molar-refractivity contribution in [3.05, 3.63) is 86.6 Å². The second-order valence-electron chi connectivity index (χ2n) is 6.47. The molecule has 2 aromatic carbocycles. The smallest absolute Gasteiger partial charge is 0.335 e. The number of hydrogen-bond donors (Lipinski definition) is 4. The molecule has 0 saturated carbocycles. The summed E-state index contributed by atoms with van der Waals surface area (Å²) in [5, 5.41) is 18.1. The molecule has 0 aliphatic carbocycles. The summed E-state index contributed by atoms with van der Waals surface area (Å²) < 4.78 is 1.03. The highest BCUT2D eigenvalue weighted by molar-refractivity contribution is 7.80. The minimum atomic E-state index is -0.741. The summed E-state index contributed by atoms with van der Waals surface area (Å²) in [6.45, 7) is 3.68. The van der Waals surface area contributed by atoms with Crippen LogP contribution >= 0.6 is 12.2 Å². The van der Waals surface area contributed by atoms with Gasteiger partial charge in [0.05, 0.1) is 11.4 Å². The minimum absolute atomic E-state index is 0.104. The molecule has 0 saturated heterocycles. The van der Waals surface area contributed by atoms with Crippen molar-refractivity contribution in [2.24, 2.45) is 5.10 Å². The van der Waals surface area contributed by atoms with E-state index in [-0.39, 0.29) is 16.4 Å². The van der Waals surface area contributed by atoms with Crippen molar-refractivity contribution < 1.29 is 5.11 Å². The summed E-state index contributed by atoms with van der Waals surface area (Å²) in [5.41, 5.74) is 3.53. The molecule has 1 aromatic heterocycles. The number of aromatic nitrogens is 2. The Morgan fingerprint density at radius 2 is 1.80 bits per heavy atom. The highest BCUT2D eigenvalue weighted by Crippen LogP contribution is 2.18. The van der Waals surface area contributed by atoms with E-state index >= 15 is 0 Å². The monoisotopic (exact) mass is 423 g/mol. The molecule has 8 nitrogen and oxygen atoms in total. The van der Waals surface area contributed by atoms with Gasteiger partial charge >= 0.3 is 5.69 Å². The number of H-pyrrole nitrogens is 1. The predicted octanol–water partition coefficient (Wildman–Crippen LogP) is 2.64. The molecule has 0 atom stereocenters. The quantitative estimate of drug-likeness (QED) is 0.285. The van der Waals surface area contributed by atoms with Crippen LogP contribution in [0.5, 0.6) is 5.88 Å². The van der Waals surface area contributed by atoms with Crippen LogP contribution in [0.2, 0.25) is 0 Å². The second-order valence-corrected chi connectivity index (χ2v) is 6.88. The Hall–Kier alpha value is -3.72. The molecule has 0 amide bonds. The van der Waals surface area contributed by atoms with Crippen LogP contribution in [0.25, 0.3) is 5.69 Å². The Morgan fingerprint density at radius 3 is 2.43 bits per heavy atom. The third kappa shape index (κ3) is 4.64. The number of nitrogens with one attached hydrogen (secondary N) is 3. The van der Waals surface area contributed by atoms with Crippen LogP contribution in [0.4, 0.5) is 5.69 Å². The number of benzene rings is 2. The summed E-state index contributed by atoms with van der Waals surface area (Å²) >= 11 is 5.22. The van der Waals surface area contributed by atoms with Crippen LogP contribution in [0.3, 0.4) is 0 Å². The van der Waals surface area contributed by atoms with Crippen LogP contribution in [-0.2, 0) is 0 Å². The molecule has 0 unspecified atom stereocenters. The van der Waals surface area contributed by atoms with Crippen LogP contribution < -0.4 is 22.0 Å². The number of aromatic hydroxyl groups is 1. The maximum absolute atomic E-state index is 12.4. The molecular formula is C21H21N5O3S. The molecule has 3 rings (SSSR count). The van der Waals surface area contributed by atoms with Crippen LogP contribution in [0.1, 0.15) is 24.5 Å². The van der Waals surface area contributed by atoms with E-state index in [1.54, 1.807) is 31.2 Å². The molecule has 0 fully saturated rings. The van der Waals surface area contributed by atoms with Gasteiger partial charge in [0, 0.05) is 5.69 Å². The number of para-hydroxylation sites is 1. The number of nitrogens with zero attached hydrogens (tertiary/aromatic N) is 2. The maximum atomic E-state index is 12.4. The van der Waals surface area contributed by atoms with Crippen molar-refractivity contribution in [2.45, 2.75) is 20.3 Å². The highest BCUT2D eigenvalue weighted by Gasteiger charge is 2.19. The number of aromatic amines is 1. The first-order chi connectivity index (χ1) is 14.4. The molecular weight excluding hydrogens is 402 g/mol. The third-order valence-electron chi connectivity index (χ3n) is 4.33. The zero-order valence-corrected chi connectivity index (χ0v) is 17.3. The fraction of sp³-hybridized carbons (Fsp3) is 0.143. The minimum Gasteiger partial charge on any atom is -0.493 e. The first-order valence-electron chi connectivity index (χ1n) is 9.25. The lowest BCUT2D eigenvalue weighted by Crippen LogP contribution is -2.34. The normalized spacial score (nSPS) is 11.2. The van der Waals surface area contributed by atoms with Crippen molar-refractivity contribution in [3.63, 3.8) is 0 Å². The number of aryl methyl sites for hydroxylation is 1.